The monoisotopic (exact) mass is 248 g/mol. The highest BCUT2D eigenvalue weighted by Gasteiger charge is 2.26. The third kappa shape index (κ3) is 3.00. The van der Waals surface area contributed by atoms with E-state index in [1.54, 1.807) is 6.20 Å². The second-order valence-corrected chi connectivity index (χ2v) is 5.29. The van der Waals surface area contributed by atoms with Crippen LogP contribution >= 0.6 is 0 Å². The molecule has 0 aliphatic heterocycles. The van der Waals surface area contributed by atoms with Crippen molar-refractivity contribution in [2.75, 3.05) is 0 Å². The highest BCUT2D eigenvalue weighted by molar-refractivity contribution is 5.20. The predicted molar refractivity (Wildman–Crippen MR) is 68.4 cm³/mol. The van der Waals surface area contributed by atoms with E-state index >= 15 is 0 Å². The SMILES string of the molecule is OC1CCCC1Oc1ccc(CNC2CC2)nc1. The van der Waals surface area contributed by atoms with Crippen LogP contribution < -0.4 is 10.1 Å². The van der Waals surface area contributed by atoms with Gasteiger partial charge in [-0.15, -0.1) is 0 Å². The van der Waals surface area contributed by atoms with E-state index in [0.29, 0.717) is 6.04 Å². The second kappa shape index (κ2) is 5.24. The summed E-state index contributed by atoms with van der Waals surface area (Å²) in [6.45, 7) is 0.830. The summed E-state index contributed by atoms with van der Waals surface area (Å²) >= 11 is 0. The zero-order valence-corrected chi connectivity index (χ0v) is 10.5. The fraction of sp³-hybridized carbons (Fsp3) is 0.643. The molecular weight excluding hydrogens is 228 g/mol. The molecule has 1 aromatic rings. The Bertz CT molecular complexity index is 389. The molecule has 98 valence electrons. The molecule has 4 heteroatoms. The van der Waals surface area contributed by atoms with Crippen LogP contribution in [0.5, 0.6) is 5.75 Å². The van der Waals surface area contributed by atoms with Crippen LogP contribution in [-0.4, -0.2) is 28.3 Å². The van der Waals surface area contributed by atoms with Gasteiger partial charge in [-0.3, -0.25) is 4.98 Å². The lowest BCUT2D eigenvalue weighted by Gasteiger charge is -2.16. The molecule has 0 saturated heterocycles. The maximum atomic E-state index is 9.70. The molecule has 0 aromatic carbocycles. The first-order valence-electron chi connectivity index (χ1n) is 6.84. The standard InChI is InChI=1S/C14H20N2O2/c17-13-2-1-3-14(13)18-12-7-6-11(16-9-12)8-15-10-4-5-10/h6-7,9-10,13-15,17H,1-5,8H2. The summed E-state index contributed by atoms with van der Waals surface area (Å²) in [5, 5.41) is 13.1. The van der Waals surface area contributed by atoms with Gasteiger partial charge in [0.1, 0.15) is 11.9 Å². The molecule has 2 unspecified atom stereocenters. The topological polar surface area (TPSA) is 54.4 Å². The van der Waals surface area contributed by atoms with Crippen molar-refractivity contribution in [1.82, 2.24) is 10.3 Å². The minimum absolute atomic E-state index is 0.0535. The molecule has 1 heterocycles. The summed E-state index contributed by atoms with van der Waals surface area (Å²) in [5.74, 6) is 0.760. The summed E-state index contributed by atoms with van der Waals surface area (Å²) < 4.78 is 5.75. The minimum atomic E-state index is -0.318. The molecule has 4 nitrogen and oxygen atoms in total. The molecule has 1 aromatic heterocycles. The van der Waals surface area contributed by atoms with Crippen LogP contribution in [0.25, 0.3) is 0 Å². The van der Waals surface area contributed by atoms with Crippen LogP contribution in [0.1, 0.15) is 37.8 Å². The Balaban J connectivity index is 1.53. The predicted octanol–water partition coefficient (Wildman–Crippen LogP) is 1.63. The Morgan fingerprint density at radius 1 is 1.28 bits per heavy atom. The van der Waals surface area contributed by atoms with Gasteiger partial charge in [-0.25, -0.2) is 0 Å². The van der Waals surface area contributed by atoms with Crippen LogP contribution in [0, 0.1) is 0 Å². The van der Waals surface area contributed by atoms with Gasteiger partial charge in [-0.1, -0.05) is 0 Å². The van der Waals surface area contributed by atoms with E-state index in [1.807, 2.05) is 12.1 Å². The lowest BCUT2D eigenvalue weighted by atomic mass is 10.2. The van der Waals surface area contributed by atoms with Crippen molar-refractivity contribution in [3.8, 4) is 5.75 Å². The smallest absolute Gasteiger partial charge is 0.138 e. The Morgan fingerprint density at radius 2 is 2.17 bits per heavy atom. The van der Waals surface area contributed by atoms with Crippen LogP contribution in [0.4, 0.5) is 0 Å². The van der Waals surface area contributed by atoms with Crippen LogP contribution in [-0.2, 0) is 6.54 Å². The number of hydrogen-bond donors (Lipinski definition) is 2. The molecule has 2 N–H and O–H groups in total. The summed E-state index contributed by atoms with van der Waals surface area (Å²) in [5.41, 5.74) is 1.04. The number of aliphatic hydroxyl groups is 1. The average Bonchev–Trinajstić information content (AvgIpc) is 3.13. The Hall–Kier alpha value is -1.13. The zero-order chi connectivity index (χ0) is 12.4. The fourth-order valence-corrected chi connectivity index (χ4v) is 2.34. The summed E-state index contributed by atoms with van der Waals surface area (Å²) in [6, 6.07) is 4.64. The molecule has 0 bridgehead atoms. The molecule has 2 aliphatic carbocycles. The van der Waals surface area contributed by atoms with E-state index in [2.05, 4.69) is 10.3 Å². The highest BCUT2D eigenvalue weighted by atomic mass is 16.5. The number of hydrogen-bond acceptors (Lipinski definition) is 4. The lowest BCUT2D eigenvalue weighted by Crippen LogP contribution is -2.25. The van der Waals surface area contributed by atoms with Crippen LogP contribution in [0.15, 0.2) is 18.3 Å². The third-order valence-corrected chi connectivity index (χ3v) is 3.65. The van der Waals surface area contributed by atoms with Crippen molar-refractivity contribution in [2.45, 2.75) is 56.9 Å². The summed E-state index contributed by atoms with van der Waals surface area (Å²) in [6.07, 6.45) is 6.80. The van der Waals surface area contributed by atoms with Gasteiger partial charge < -0.3 is 15.2 Å². The Morgan fingerprint density at radius 3 is 2.78 bits per heavy atom. The number of nitrogens with zero attached hydrogens (tertiary/aromatic N) is 1. The third-order valence-electron chi connectivity index (χ3n) is 3.65. The first kappa shape index (κ1) is 11.9. The van der Waals surface area contributed by atoms with Gasteiger partial charge in [0, 0.05) is 12.6 Å². The molecule has 0 spiro atoms. The van der Waals surface area contributed by atoms with Crippen molar-refractivity contribution < 1.29 is 9.84 Å². The van der Waals surface area contributed by atoms with Crippen molar-refractivity contribution in [3.05, 3.63) is 24.0 Å². The minimum Gasteiger partial charge on any atom is -0.486 e. The van der Waals surface area contributed by atoms with Crippen LogP contribution in [0.3, 0.4) is 0 Å². The molecule has 3 rings (SSSR count). The molecule has 2 fully saturated rings. The number of nitrogens with one attached hydrogen (secondary N) is 1. The van der Waals surface area contributed by atoms with Crippen molar-refractivity contribution in [1.29, 1.82) is 0 Å². The van der Waals surface area contributed by atoms with Gasteiger partial charge in [0.2, 0.25) is 0 Å². The number of aromatic nitrogens is 1. The normalized spacial score (nSPS) is 27.4. The first-order valence-corrected chi connectivity index (χ1v) is 6.84. The van der Waals surface area contributed by atoms with Crippen LogP contribution in [0.2, 0.25) is 0 Å². The molecule has 0 amide bonds. The van der Waals surface area contributed by atoms with E-state index in [9.17, 15) is 5.11 Å². The van der Waals surface area contributed by atoms with Crippen molar-refractivity contribution in [3.63, 3.8) is 0 Å². The molecule has 2 saturated carbocycles. The Kier molecular flexibility index (Phi) is 3.48. The highest BCUT2D eigenvalue weighted by Crippen LogP contribution is 2.24. The second-order valence-electron chi connectivity index (χ2n) is 5.29. The molecular formula is C14H20N2O2. The summed E-state index contributed by atoms with van der Waals surface area (Å²) in [4.78, 5) is 4.38. The van der Waals surface area contributed by atoms with Gasteiger partial charge in [-0.2, -0.15) is 0 Å². The van der Waals surface area contributed by atoms with E-state index in [0.717, 1.165) is 37.3 Å². The van der Waals surface area contributed by atoms with Gasteiger partial charge >= 0.3 is 0 Å². The average molecular weight is 248 g/mol. The van der Waals surface area contributed by atoms with E-state index in [4.69, 9.17) is 4.74 Å². The number of aliphatic hydroxyl groups excluding tert-OH is 1. The number of ether oxygens (including phenoxy) is 1. The molecule has 2 aliphatic rings. The summed E-state index contributed by atoms with van der Waals surface area (Å²) in [7, 11) is 0. The first-order chi connectivity index (χ1) is 8.81. The largest absolute Gasteiger partial charge is 0.486 e. The maximum Gasteiger partial charge on any atom is 0.138 e. The lowest BCUT2D eigenvalue weighted by molar-refractivity contribution is 0.0601. The fourth-order valence-electron chi connectivity index (χ4n) is 2.34. The van der Waals surface area contributed by atoms with Gasteiger partial charge in [-0.05, 0) is 44.2 Å². The quantitative estimate of drug-likeness (QED) is 0.831. The van der Waals surface area contributed by atoms with Gasteiger partial charge in [0.25, 0.3) is 0 Å². The number of pyridine rings is 1. The van der Waals surface area contributed by atoms with E-state index in [1.165, 1.54) is 12.8 Å². The zero-order valence-electron chi connectivity index (χ0n) is 10.5. The van der Waals surface area contributed by atoms with Crippen molar-refractivity contribution in [2.24, 2.45) is 0 Å². The van der Waals surface area contributed by atoms with E-state index in [-0.39, 0.29) is 12.2 Å². The van der Waals surface area contributed by atoms with Crippen molar-refractivity contribution >= 4 is 0 Å². The van der Waals surface area contributed by atoms with Gasteiger partial charge in [0.05, 0.1) is 18.0 Å². The molecule has 2 atom stereocenters. The van der Waals surface area contributed by atoms with Gasteiger partial charge in [0.15, 0.2) is 0 Å². The molecule has 18 heavy (non-hydrogen) atoms. The number of rotatable bonds is 5. The molecule has 0 radical (unpaired) electrons. The Labute approximate surface area is 107 Å². The van der Waals surface area contributed by atoms with E-state index < -0.39 is 0 Å². The maximum absolute atomic E-state index is 9.70.